The third-order valence-corrected chi connectivity index (χ3v) is 5.71. The minimum atomic E-state index is 0.0786. The van der Waals surface area contributed by atoms with Crippen LogP contribution in [0.2, 0.25) is 0 Å². The maximum absolute atomic E-state index is 12.4. The fraction of sp³-hybridized carbons (Fsp3) is 0.476. The molecule has 7 nitrogen and oxygen atoms in total. The first-order valence-corrected chi connectivity index (χ1v) is 9.65. The lowest BCUT2D eigenvalue weighted by Crippen LogP contribution is -2.39. The zero-order chi connectivity index (χ0) is 19.8. The number of hydrogen-bond donors (Lipinski definition) is 0. The van der Waals surface area contributed by atoms with E-state index in [0.29, 0.717) is 12.4 Å². The second-order valence-electron chi connectivity index (χ2n) is 7.51. The van der Waals surface area contributed by atoms with Gasteiger partial charge in [0.1, 0.15) is 17.7 Å². The number of nitrogens with zero attached hydrogens (tertiary/aromatic N) is 4. The van der Waals surface area contributed by atoms with Gasteiger partial charge in [-0.05, 0) is 31.0 Å². The number of hydrogen-bond acceptors (Lipinski definition) is 6. The first-order chi connectivity index (χ1) is 13.5. The van der Waals surface area contributed by atoms with E-state index in [1.165, 1.54) is 0 Å². The second-order valence-corrected chi connectivity index (χ2v) is 7.51. The Balaban J connectivity index is 1.45. The number of pyridine rings is 2. The Hall–Kier alpha value is -2.83. The molecule has 2 aliphatic heterocycles. The van der Waals surface area contributed by atoms with E-state index in [4.69, 9.17) is 14.5 Å². The molecule has 2 aromatic rings. The molecule has 1 fully saturated rings. The molecule has 0 spiro atoms. The zero-order valence-corrected chi connectivity index (χ0v) is 16.9. The fourth-order valence-corrected chi connectivity index (χ4v) is 3.97. The van der Waals surface area contributed by atoms with Crippen molar-refractivity contribution in [2.24, 2.45) is 0 Å². The Bertz CT molecular complexity index is 890. The van der Waals surface area contributed by atoms with Gasteiger partial charge < -0.3 is 19.3 Å². The summed E-state index contributed by atoms with van der Waals surface area (Å²) in [6, 6.07) is 3.70. The van der Waals surface area contributed by atoms with Crippen molar-refractivity contribution in [2.45, 2.75) is 39.3 Å². The monoisotopic (exact) mass is 382 g/mol. The van der Waals surface area contributed by atoms with E-state index in [9.17, 15) is 4.79 Å². The Labute approximate surface area is 165 Å². The van der Waals surface area contributed by atoms with Crippen molar-refractivity contribution in [3.63, 3.8) is 0 Å². The maximum atomic E-state index is 12.4. The molecule has 1 saturated heterocycles. The van der Waals surface area contributed by atoms with Gasteiger partial charge in [0.05, 0.1) is 31.1 Å². The molecule has 0 N–H and O–H groups in total. The summed E-state index contributed by atoms with van der Waals surface area (Å²) in [6.07, 6.45) is 3.70. The normalized spacial score (nSPS) is 17.1. The first-order valence-electron chi connectivity index (χ1n) is 9.65. The lowest BCUT2D eigenvalue weighted by Gasteiger charge is -2.34. The van der Waals surface area contributed by atoms with Gasteiger partial charge in [-0.25, -0.2) is 9.97 Å². The van der Waals surface area contributed by atoms with Gasteiger partial charge >= 0.3 is 0 Å². The van der Waals surface area contributed by atoms with Crippen LogP contribution in [0.3, 0.4) is 0 Å². The van der Waals surface area contributed by atoms with Crippen molar-refractivity contribution >= 4 is 11.7 Å². The number of amides is 1. The van der Waals surface area contributed by atoms with Crippen molar-refractivity contribution in [1.82, 2.24) is 14.9 Å². The molecule has 2 aliphatic rings. The number of piperidine rings is 1. The number of carbonyl (C=O) groups is 1. The number of carbonyl (C=O) groups excluding carboxylic acids is 1. The number of methoxy groups -OCH3 is 1. The van der Waals surface area contributed by atoms with Crippen LogP contribution in [-0.2, 0) is 6.54 Å². The van der Waals surface area contributed by atoms with Crippen LogP contribution < -0.4 is 14.4 Å². The average molecular weight is 382 g/mol. The minimum absolute atomic E-state index is 0.0786. The summed E-state index contributed by atoms with van der Waals surface area (Å²) in [7, 11) is 3.43. The molecular weight excluding hydrogens is 356 g/mol. The first kappa shape index (κ1) is 18.5. The van der Waals surface area contributed by atoms with E-state index in [2.05, 4.69) is 16.8 Å². The lowest BCUT2D eigenvalue weighted by molar-refractivity contribution is 0.0815. The quantitative estimate of drug-likeness (QED) is 0.810. The molecule has 0 atom stereocenters. The van der Waals surface area contributed by atoms with Gasteiger partial charge in [0, 0.05) is 39.0 Å². The third-order valence-electron chi connectivity index (χ3n) is 5.71. The summed E-state index contributed by atoms with van der Waals surface area (Å²) in [4.78, 5) is 25.5. The predicted molar refractivity (Wildman–Crippen MR) is 106 cm³/mol. The highest BCUT2D eigenvalue weighted by atomic mass is 16.5. The van der Waals surface area contributed by atoms with E-state index in [1.54, 1.807) is 18.2 Å². The molecule has 2 aromatic heterocycles. The molecular formula is C21H26N4O3. The van der Waals surface area contributed by atoms with Gasteiger partial charge in [-0.1, -0.05) is 0 Å². The average Bonchev–Trinajstić information content (AvgIpc) is 3.00. The minimum Gasteiger partial charge on any atom is -0.489 e. The molecule has 28 heavy (non-hydrogen) atoms. The summed E-state index contributed by atoms with van der Waals surface area (Å²) in [6.45, 7) is 6.44. The van der Waals surface area contributed by atoms with Crippen molar-refractivity contribution < 1.29 is 14.3 Å². The highest BCUT2D eigenvalue weighted by Gasteiger charge is 2.31. The van der Waals surface area contributed by atoms with E-state index < -0.39 is 0 Å². The zero-order valence-electron chi connectivity index (χ0n) is 16.9. The third kappa shape index (κ3) is 3.25. The summed E-state index contributed by atoms with van der Waals surface area (Å²) in [5.41, 5.74) is 3.83. The molecule has 4 heterocycles. The molecule has 0 bridgehead atoms. The SMILES string of the molecule is COc1ccc(OC2CCN(c3nc4c(c(C)c3C)C(=O)N(C)C4)CC2)cn1. The molecule has 4 rings (SSSR count). The van der Waals surface area contributed by atoms with Gasteiger partial charge in [-0.3, -0.25) is 4.79 Å². The molecule has 0 saturated carbocycles. The van der Waals surface area contributed by atoms with Crippen LogP contribution >= 0.6 is 0 Å². The van der Waals surface area contributed by atoms with Crippen molar-refractivity contribution in [2.75, 3.05) is 32.1 Å². The van der Waals surface area contributed by atoms with E-state index >= 15 is 0 Å². The van der Waals surface area contributed by atoms with Crippen LogP contribution in [0.1, 0.15) is 40.0 Å². The Morgan fingerprint density at radius 2 is 1.89 bits per heavy atom. The Kier molecular flexibility index (Phi) is 4.83. The van der Waals surface area contributed by atoms with Crippen LogP contribution in [0.15, 0.2) is 18.3 Å². The smallest absolute Gasteiger partial charge is 0.256 e. The van der Waals surface area contributed by atoms with E-state index in [0.717, 1.165) is 59.9 Å². The lowest BCUT2D eigenvalue weighted by atomic mass is 10.0. The topological polar surface area (TPSA) is 67.8 Å². The molecule has 0 radical (unpaired) electrons. The molecule has 0 aliphatic carbocycles. The highest BCUT2D eigenvalue weighted by molar-refractivity contribution is 5.99. The van der Waals surface area contributed by atoms with Crippen LogP contribution in [0, 0.1) is 13.8 Å². The standard InChI is InChI=1S/C21H26N4O3/c1-13-14(2)20(23-17-12-24(3)21(26)19(13)17)25-9-7-15(8-10-25)28-16-5-6-18(27-4)22-11-16/h5-6,11,15H,7-10,12H2,1-4H3. The second kappa shape index (κ2) is 7.30. The Morgan fingerprint density at radius 1 is 1.14 bits per heavy atom. The van der Waals surface area contributed by atoms with Gasteiger partial charge in [0.15, 0.2) is 0 Å². The van der Waals surface area contributed by atoms with Crippen LogP contribution in [-0.4, -0.2) is 54.1 Å². The van der Waals surface area contributed by atoms with Crippen LogP contribution in [0.4, 0.5) is 5.82 Å². The van der Waals surface area contributed by atoms with Gasteiger partial charge in [0.25, 0.3) is 5.91 Å². The van der Waals surface area contributed by atoms with Crippen LogP contribution in [0.25, 0.3) is 0 Å². The summed E-state index contributed by atoms with van der Waals surface area (Å²) >= 11 is 0. The van der Waals surface area contributed by atoms with Gasteiger partial charge in [-0.2, -0.15) is 0 Å². The van der Waals surface area contributed by atoms with Gasteiger partial charge in [0.2, 0.25) is 5.88 Å². The number of ether oxygens (including phenoxy) is 2. The van der Waals surface area contributed by atoms with Gasteiger partial charge in [-0.15, -0.1) is 0 Å². The molecule has 1 amide bonds. The Morgan fingerprint density at radius 3 is 2.54 bits per heavy atom. The maximum Gasteiger partial charge on any atom is 0.256 e. The number of aromatic nitrogens is 2. The summed E-state index contributed by atoms with van der Waals surface area (Å²) in [5, 5.41) is 0. The van der Waals surface area contributed by atoms with E-state index in [1.807, 2.05) is 26.1 Å². The highest BCUT2D eigenvalue weighted by Crippen LogP contribution is 2.32. The number of anilines is 1. The molecule has 0 aromatic carbocycles. The van der Waals surface area contributed by atoms with Crippen molar-refractivity contribution in [3.05, 3.63) is 40.7 Å². The van der Waals surface area contributed by atoms with Crippen molar-refractivity contribution in [3.8, 4) is 11.6 Å². The van der Waals surface area contributed by atoms with Crippen molar-refractivity contribution in [1.29, 1.82) is 0 Å². The molecule has 148 valence electrons. The number of fused-ring (bicyclic) bond motifs is 1. The summed E-state index contributed by atoms with van der Waals surface area (Å²) < 4.78 is 11.2. The van der Waals surface area contributed by atoms with Crippen LogP contribution in [0.5, 0.6) is 11.6 Å². The fourth-order valence-electron chi connectivity index (χ4n) is 3.97. The van der Waals surface area contributed by atoms with E-state index in [-0.39, 0.29) is 12.0 Å². The predicted octanol–water partition coefficient (Wildman–Crippen LogP) is 2.74. The molecule has 7 heteroatoms. The summed E-state index contributed by atoms with van der Waals surface area (Å²) in [5.74, 6) is 2.43. The largest absolute Gasteiger partial charge is 0.489 e. The number of rotatable bonds is 4. The molecule has 0 unspecified atom stereocenters.